The van der Waals surface area contributed by atoms with Crippen LogP contribution in [0, 0.1) is 11.8 Å². The van der Waals surface area contributed by atoms with E-state index in [1.165, 1.54) is 10.8 Å². The van der Waals surface area contributed by atoms with Crippen molar-refractivity contribution in [3.63, 3.8) is 0 Å². The van der Waals surface area contributed by atoms with Gasteiger partial charge in [0.1, 0.15) is 5.60 Å². The topological polar surface area (TPSA) is 54.1 Å². The highest BCUT2D eigenvalue weighted by molar-refractivity contribution is 6.07. The molecule has 1 aromatic heterocycles. The molecule has 0 aliphatic heterocycles. The van der Waals surface area contributed by atoms with Gasteiger partial charge in [-0.15, -0.1) is 0 Å². The zero-order chi connectivity index (χ0) is 17.2. The molecule has 2 N–H and O–H groups in total. The standard InChI is InChI=1S/C20H20N2O2/c1-20(2,3)24-19(23)21-12-6-7-14-10-11-16-15-8-4-5-9-17(15)22-18(16)13-14/h4-5,8-11,13,22H,12H2,1-3H3,(H,21,23). The number of hydrogen-bond donors (Lipinski definition) is 2. The van der Waals surface area contributed by atoms with E-state index in [-0.39, 0.29) is 6.54 Å². The van der Waals surface area contributed by atoms with Crippen LogP contribution in [0.3, 0.4) is 0 Å². The van der Waals surface area contributed by atoms with Crippen LogP contribution in [-0.4, -0.2) is 23.2 Å². The Bertz CT molecular complexity index is 952. The van der Waals surface area contributed by atoms with E-state index in [1.807, 2.05) is 45.0 Å². The lowest BCUT2D eigenvalue weighted by Crippen LogP contribution is -2.32. The molecule has 0 atom stereocenters. The van der Waals surface area contributed by atoms with E-state index in [0.29, 0.717) is 0 Å². The van der Waals surface area contributed by atoms with Crippen LogP contribution in [0.5, 0.6) is 0 Å². The first-order valence-corrected chi connectivity index (χ1v) is 7.88. The smallest absolute Gasteiger partial charge is 0.408 e. The Hall–Kier alpha value is -2.93. The molecular weight excluding hydrogens is 300 g/mol. The lowest BCUT2D eigenvalue weighted by molar-refractivity contribution is 0.0535. The third-order valence-corrected chi connectivity index (χ3v) is 3.46. The molecule has 0 unspecified atom stereocenters. The maximum absolute atomic E-state index is 11.5. The van der Waals surface area contributed by atoms with Gasteiger partial charge in [0.05, 0.1) is 6.54 Å². The predicted molar refractivity (Wildman–Crippen MR) is 96.9 cm³/mol. The van der Waals surface area contributed by atoms with Crippen molar-refractivity contribution in [3.8, 4) is 11.8 Å². The van der Waals surface area contributed by atoms with E-state index in [4.69, 9.17) is 4.74 Å². The summed E-state index contributed by atoms with van der Waals surface area (Å²) < 4.78 is 5.16. The van der Waals surface area contributed by atoms with Gasteiger partial charge in [-0.1, -0.05) is 36.1 Å². The van der Waals surface area contributed by atoms with Gasteiger partial charge in [0, 0.05) is 27.4 Å². The van der Waals surface area contributed by atoms with Gasteiger partial charge in [0.25, 0.3) is 0 Å². The number of alkyl carbamates (subject to hydrolysis) is 1. The molecule has 0 saturated heterocycles. The molecule has 0 aliphatic carbocycles. The van der Waals surface area contributed by atoms with E-state index in [0.717, 1.165) is 16.6 Å². The van der Waals surface area contributed by atoms with E-state index in [9.17, 15) is 4.79 Å². The molecule has 4 nitrogen and oxygen atoms in total. The summed E-state index contributed by atoms with van der Waals surface area (Å²) in [4.78, 5) is 14.9. The summed E-state index contributed by atoms with van der Waals surface area (Å²) >= 11 is 0. The number of amides is 1. The quantitative estimate of drug-likeness (QED) is 0.660. The van der Waals surface area contributed by atoms with Gasteiger partial charge in [-0.25, -0.2) is 4.79 Å². The number of benzene rings is 2. The van der Waals surface area contributed by atoms with Crippen molar-refractivity contribution < 1.29 is 9.53 Å². The van der Waals surface area contributed by atoms with Crippen LogP contribution >= 0.6 is 0 Å². The molecule has 3 aromatic rings. The maximum Gasteiger partial charge on any atom is 0.408 e. The summed E-state index contributed by atoms with van der Waals surface area (Å²) in [5.74, 6) is 6.00. The lowest BCUT2D eigenvalue weighted by Gasteiger charge is -2.18. The minimum absolute atomic E-state index is 0.250. The van der Waals surface area contributed by atoms with Crippen LogP contribution in [0.25, 0.3) is 21.8 Å². The molecule has 0 aliphatic rings. The second-order valence-electron chi connectivity index (χ2n) is 6.59. The van der Waals surface area contributed by atoms with Crippen LogP contribution in [0.15, 0.2) is 42.5 Å². The van der Waals surface area contributed by atoms with Crippen molar-refractivity contribution in [1.82, 2.24) is 10.3 Å². The molecule has 1 amide bonds. The number of rotatable bonds is 1. The number of hydrogen-bond acceptors (Lipinski definition) is 2. The zero-order valence-electron chi connectivity index (χ0n) is 14.1. The first-order valence-electron chi connectivity index (χ1n) is 7.88. The van der Waals surface area contributed by atoms with Crippen LogP contribution in [0.4, 0.5) is 4.79 Å². The fourth-order valence-corrected chi connectivity index (χ4v) is 2.51. The number of aromatic amines is 1. The molecule has 1 heterocycles. The molecule has 0 saturated carbocycles. The molecule has 24 heavy (non-hydrogen) atoms. The Morgan fingerprint density at radius 2 is 1.88 bits per heavy atom. The number of nitrogens with one attached hydrogen (secondary N) is 2. The molecule has 0 spiro atoms. The molecule has 122 valence electrons. The fraction of sp³-hybridized carbons (Fsp3) is 0.250. The minimum atomic E-state index is -0.502. The van der Waals surface area contributed by atoms with Gasteiger partial charge in [-0.3, -0.25) is 0 Å². The number of carbonyl (C=O) groups excluding carboxylic acids is 1. The van der Waals surface area contributed by atoms with Crippen LogP contribution in [0.1, 0.15) is 26.3 Å². The van der Waals surface area contributed by atoms with E-state index >= 15 is 0 Å². The largest absolute Gasteiger partial charge is 0.444 e. The third-order valence-electron chi connectivity index (χ3n) is 3.46. The Morgan fingerprint density at radius 1 is 1.12 bits per heavy atom. The average Bonchev–Trinajstić information content (AvgIpc) is 2.87. The van der Waals surface area contributed by atoms with Crippen molar-refractivity contribution in [3.05, 3.63) is 48.0 Å². The number of aromatic nitrogens is 1. The van der Waals surface area contributed by atoms with Crippen molar-refractivity contribution in [2.45, 2.75) is 26.4 Å². The predicted octanol–water partition coefficient (Wildman–Crippen LogP) is 4.20. The number of H-pyrrole nitrogens is 1. The van der Waals surface area contributed by atoms with Gasteiger partial charge in [-0.2, -0.15) is 0 Å². The minimum Gasteiger partial charge on any atom is -0.444 e. The summed E-state index contributed by atoms with van der Waals surface area (Å²) in [6.45, 7) is 5.73. The third kappa shape index (κ3) is 3.69. The summed E-state index contributed by atoms with van der Waals surface area (Å²) in [6, 6.07) is 14.3. The summed E-state index contributed by atoms with van der Waals surface area (Å²) in [7, 11) is 0. The van der Waals surface area contributed by atoms with Gasteiger partial charge >= 0.3 is 6.09 Å². The lowest BCUT2D eigenvalue weighted by atomic mass is 10.1. The number of para-hydroxylation sites is 1. The average molecular weight is 320 g/mol. The zero-order valence-corrected chi connectivity index (χ0v) is 14.1. The second-order valence-corrected chi connectivity index (χ2v) is 6.59. The second kappa shape index (κ2) is 6.29. The first kappa shape index (κ1) is 15.9. The number of fused-ring (bicyclic) bond motifs is 3. The highest BCUT2D eigenvalue weighted by Crippen LogP contribution is 2.25. The fourth-order valence-electron chi connectivity index (χ4n) is 2.51. The van der Waals surface area contributed by atoms with E-state index < -0.39 is 11.7 Å². The first-order chi connectivity index (χ1) is 11.4. The van der Waals surface area contributed by atoms with E-state index in [2.05, 4.69) is 40.3 Å². The normalized spacial score (nSPS) is 11.1. The maximum atomic E-state index is 11.5. The highest BCUT2D eigenvalue weighted by Gasteiger charge is 2.15. The van der Waals surface area contributed by atoms with Crippen LogP contribution in [0.2, 0.25) is 0 Å². The Balaban J connectivity index is 1.70. The van der Waals surface area contributed by atoms with Crippen molar-refractivity contribution in [2.24, 2.45) is 0 Å². The molecule has 4 heteroatoms. The monoisotopic (exact) mass is 320 g/mol. The van der Waals surface area contributed by atoms with Crippen LogP contribution in [-0.2, 0) is 4.74 Å². The Morgan fingerprint density at radius 3 is 2.67 bits per heavy atom. The van der Waals surface area contributed by atoms with Gasteiger partial charge in [0.15, 0.2) is 0 Å². The van der Waals surface area contributed by atoms with Crippen molar-refractivity contribution >= 4 is 27.9 Å². The van der Waals surface area contributed by atoms with Gasteiger partial charge in [0.2, 0.25) is 0 Å². The van der Waals surface area contributed by atoms with Gasteiger partial charge in [-0.05, 0) is 39.0 Å². The molecule has 2 aromatic carbocycles. The van der Waals surface area contributed by atoms with Gasteiger partial charge < -0.3 is 15.0 Å². The van der Waals surface area contributed by atoms with Crippen molar-refractivity contribution in [1.29, 1.82) is 0 Å². The number of carbonyl (C=O) groups is 1. The van der Waals surface area contributed by atoms with Crippen LogP contribution < -0.4 is 5.32 Å². The Labute approximate surface area is 141 Å². The molecule has 0 radical (unpaired) electrons. The summed E-state index contributed by atoms with van der Waals surface area (Å²) in [5, 5.41) is 5.02. The molecule has 3 rings (SSSR count). The number of ether oxygens (including phenoxy) is 1. The molecule has 0 fully saturated rings. The summed E-state index contributed by atoms with van der Waals surface area (Å²) in [5.41, 5.74) is 2.57. The highest BCUT2D eigenvalue weighted by atomic mass is 16.6. The SMILES string of the molecule is CC(C)(C)OC(=O)NCC#Cc1ccc2c(c1)[nH]c1ccccc12. The molecular formula is C20H20N2O2. The molecule has 0 bridgehead atoms. The summed E-state index contributed by atoms with van der Waals surface area (Å²) in [6.07, 6.45) is -0.456. The van der Waals surface area contributed by atoms with Crippen molar-refractivity contribution in [2.75, 3.05) is 6.54 Å². The Kier molecular flexibility index (Phi) is 4.18. The van der Waals surface area contributed by atoms with E-state index in [1.54, 1.807) is 0 Å².